The molecule has 4 nitrogen and oxygen atoms in total. The van der Waals surface area contributed by atoms with Crippen LogP contribution < -0.4 is 0 Å². The van der Waals surface area contributed by atoms with E-state index in [2.05, 4.69) is 15.9 Å². The summed E-state index contributed by atoms with van der Waals surface area (Å²) < 4.78 is 58.2. The molecule has 2 heterocycles. The number of carboxylic acid groups (broad SMARTS) is 1. The van der Waals surface area contributed by atoms with E-state index >= 15 is 0 Å². The first kappa shape index (κ1) is 20.4. The van der Waals surface area contributed by atoms with Crippen molar-refractivity contribution in [1.82, 2.24) is 4.57 Å². The Kier molecular flexibility index (Phi) is 5.03. The molecule has 10 heteroatoms. The average molecular weight is 507 g/mol. The highest BCUT2D eigenvalue weighted by atomic mass is 79.9. The van der Waals surface area contributed by atoms with Crippen molar-refractivity contribution >= 4 is 55.2 Å². The summed E-state index contributed by atoms with van der Waals surface area (Å²) in [6.07, 6.45) is -0.163. The van der Waals surface area contributed by atoms with Crippen LogP contribution in [0.5, 0.6) is 0 Å². The number of halogens is 5. The van der Waals surface area contributed by atoms with Crippen molar-refractivity contribution < 1.29 is 27.3 Å². The number of benzene rings is 2. The summed E-state index contributed by atoms with van der Waals surface area (Å²) in [6.45, 7) is 0.0626. The standard InChI is InChI=1S/C19H12BrClF3NO3S/c20-13-7-10(22)8-14-15(13)17(29(28)11-3-1-9(21)2-4-11)16-12(5-6-25(14)16)19(23,24)18(26)27/h1-4,7-8,12H,5-6H2,(H,26,27). The molecule has 0 fully saturated rings. The van der Waals surface area contributed by atoms with Gasteiger partial charge in [0, 0.05) is 32.0 Å². The van der Waals surface area contributed by atoms with E-state index in [1.165, 1.54) is 34.9 Å². The average Bonchev–Trinajstić information content (AvgIpc) is 3.20. The van der Waals surface area contributed by atoms with Crippen molar-refractivity contribution in [3.8, 4) is 0 Å². The second-order valence-electron chi connectivity index (χ2n) is 6.64. The van der Waals surface area contributed by atoms with Gasteiger partial charge in [-0.2, -0.15) is 8.78 Å². The molecule has 2 atom stereocenters. The molecular formula is C19H12BrClF3NO3S. The van der Waals surface area contributed by atoms with Crippen molar-refractivity contribution in [3.05, 3.63) is 57.4 Å². The van der Waals surface area contributed by atoms with E-state index in [-0.39, 0.29) is 33.5 Å². The number of fused-ring (bicyclic) bond motifs is 3. The van der Waals surface area contributed by atoms with Gasteiger partial charge in [-0.25, -0.2) is 13.4 Å². The fourth-order valence-electron chi connectivity index (χ4n) is 3.73. The smallest absolute Gasteiger partial charge is 0.375 e. The van der Waals surface area contributed by atoms with Crippen LogP contribution in [0.4, 0.5) is 13.2 Å². The molecule has 0 aliphatic carbocycles. The summed E-state index contributed by atoms with van der Waals surface area (Å²) in [5, 5.41) is 9.79. The Balaban J connectivity index is 2.04. The Labute approximate surface area is 178 Å². The minimum Gasteiger partial charge on any atom is -0.477 e. The Morgan fingerprint density at radius 3 is 2.55 bits per heavy atom. The van der Waals surface area contributed by atoms with Crippen molar-refractivity contribution in [2.45, 2.75) is 34.6 Å². The number of nitrogens with zero attached hydrogens (tertiary/aromatic N) is 1. The lowest BCUT2D eigenvalue weighted by atomic mass is 9.96. The maximum Gasteiger partial charge on any atom is 0.375 e. The number of rotatable bonds is 4. The van der Waals surface area contributed by atoms with Gasteiger partial charge in [-0.05, 0) is 58.7 Å². The molecule has 1 N–H and O–H groups in total. The molecule has 0 amide bonds. The van der Waals surface area contributed by atoms with Crippen LogP contribution in [-0.2, 0) is 22.1 Å². The second-order valence-corrected chi connectivity index (χ2v) is 9.35. The number of aryl methyl sites for hydroxylation is 1. The first-order chi connectivity index (χ1) is 13.6. The summed E-state index contributed by atoms with van der Waals surface area (Å²) in [4.78, 5) is 11.6. The highest BCUT2D eigenvalue weighted by Crippen LogP contribution is 2.49. The van der Waals surface area contributed by atoms with Gasteiger partial charge < -0.3 is 9.67 Å². The second kappa shape index (κ2) is 7.14. The van der Waals surface area contributed by atoms with Crippen LogP contribution in [0.15, 0.2) is 50.7 Å². The molecule has 0 bridgehead atoms. The van der Waals surface area contributed by atoms with E-state index in [4.69, 9.17) is 16.7 Å². The van der Waals surface area contributed by atoms with Gasteiger partial charge >= 0.3 is 11.9 Å². The first-order valence-electron chi connectivity index (χ1n) is 8.42. The zero-order chi connectivity index (χ0) is 21.1. The van der Waals surface area contributed by atoms with Crippen LogP contribution >= 0.6 is 27.5 Å². The molecule has 29 heavy (non-hydrogen) atoms. The minimum absolute atomic E-state index is 0.0491. The van der Waals surface area contributed by atoms with E-state index in [1.807, 2.05) is 0 Å². The quantitative estimate of drug-likeness (QED) is 0.503. The van der Waals surface area contributed by atoms with Gasteiger partial charge in [0.25, 0.3) is 0 Å². The van der Waals surface area contributed by atoms with Crippen LogP contribution in [0.2, 0.25) is 5.02 Å². The van der Waals surface area contributed by atoms with Gasteiger partial charge in [0.1, 0.15) is 5.82 Å². The third-order valence-corrected chi connectivity index (χ3v) is 7.34. The van der Waals surface area contributed by atoms with Gasteiger partial charge in [-0.3, -0.25) is 0 Å². The number of alkyl halides is 2. The number of aromatic nitrogens is 1. The van der Waals surface area contributed by atoms with Gasteiger partial charge in [0.05, 0.1) is 27.1 Å². The zero-order valence-corrected chi connectivity index (χ0v) is 17.6. The molecule has 1 aliphatic heterocycles. The first-order valence-corrected chi connectivity index (χ1v) is 10.7. The number of carbonyl (C=O) groups is 1. The third-order valence-electron chi connectivity index (χ3n) is 4.98. The Hall–Kier alpha value is -1.84. The highest BCUT2D eigenvalue weighted by molar-refractivity contribution is 9.10. The SMILES string of the molecule is O=C(O)C(F)(F)C1CCn2c1c(S(=O)c1ccc(Cl)cc1)c1c(Br)cc(F)cc12. The maximum atomic E-state index is 14.5. The summed E-state index contributed by atoms with van der Waals surface area (Å²) in [5.74, 6) is -8.60. The largest absolute Gasteiger partial charge is 0.477 e. The van der Waals surface area contributed by atoms with E-state index in [0.29, 0.717) is 15.3 Å². The zero-order valence-electron chi connectivity index (χ0n) is 14.5. The van der Waals surface area contributed by atoms with Crippen LogP contribution in [0.25, 0.3) is 10.9 Å². The number of hydrogen-bond donors (Lipinski definition) is 1. The van der Waals surface area contributed by atoms with E-state index in [9.17, 15) is 22.2 Å². The fourth-order valence-corrected chi connectivity index (χ4v) is 6.06. The molecule has 2 aromatic carbocycles. The Morgan fingerprint density at radius 2 is 1.93 bits per heavy atom. The van der Waals surface area contributed by atoms with Crippen LogP contribution in [0, 0.1) is 5.82 Å². The minimum atomic E-state index is -4.06. The number of hydrogen-bond acceptors (Lipinski definition) is 2. The molecule has 0 radical (unpaired) electrons. The van der Waals surface area contributed by atoms with Gasteiger partial charge in [0.2, 0.25) is 0 Å². The number of aliphatic carboxylic acids is 1. The van der Waals surface area contributed by atoms with Crippen molar-refractivity contribution in [2.24, 2.45) is 0 Å². The molecule has 3 aromatic rings. The van der Waals surface area contributed by atoms with Crippen LogP contribution in [0.3, 0.4) is 0 Å². The van der Waals surface area contributed by atoms with Crippen LogP contribution in [0.1, 0.15) is 18.0 Å². The Bertz CT molecular complexity index is 1180. The van der Waals surface area contributed by atoms with Crippen LogP contribution in [-0.4, -0.2) is 25.8 Å². The molecule has 2 unspecified atom stereocenters. The molecule has 0 saturated carbocycles. The molecule has 0 saturated heterocycles. The fraction of sp³-hybridized carbons (Fsp3) is 0.211. The van der Waals surface area contributed by atoms with Crippen molar-refractivity contribution in [1.29, 1.82) is 0 Å². The predicted molar refractivity (Wildman–Crippen MR) is 106 cm³/mol. The predicted octanol–water partition coefficient (Wildman–Crippen LogP) is 5.57. The van der Waals surface area contributed by atoms with E-state index in [0.717, 1.165) is 6.07 Å². The van der Waals surface area contributed by atoms with Crippen molar-refractivity contribution in [3.63, 3.8) is 0 Å². The summed E-state index contributed by atoms with van der Waals surface area (Å²) in [6, 6.07) is 8.38. The normalized spacial score (nSPS) is 17.5. The number of carboxylic acids is 1. The molecule has 4 rings (SSSR count). The van der Waals surface area contributed by atoms with Gasteiger partial charge in [0.15, 0.2) is 0 Å². The van der Waals surface area contributed by atoms with E-state index in [1.54, 1.807) is 0 Å². The summed E-state index contributed by atoms with van der Waals surface area (Å²) >= 11 is 9.11. The molecule has 152 valence electrons. The third kappa shape index (κ3) is 3.19. The van der Waals surface area contributed by atoms with Gasteiger partial charge in [-0.15, -0.1) is 0 Å². The van der Waals surface area contributed by atoms with Crippen molar-refractivity contribution in [2.75, 3.05) is 0 Å². The summed E-state index contributed by atoms with van der Waals surface area (Å²) in [5.41, 5.74) is 0.236. The maximum absolute atomic E-state index is 14.5. The molecule has 1 aliphatic rings. The lowest BCUT2D eigenvalue weighted by Gasteiger charge is -2.19. The lowest BCUT2D eigenvalue weighted by Crippen LogP contribution is -2.35. The highest BCUT2D eigenvalue weighted by Gasteiger charge is 2.53. The lowest BCUT2D eigenvalue weighted by molar-refractivity contribution is -0.168. The summed E-state index contributed by atoms with van der Waals surface area (Å²) in [7, 11) is -1.92. The van der Waals surface area contributed by atoms with Gasteiger partial charge in [-0.1, -0.05) is 11.6 Å². The monoisotopic (exact) mass is 505 g/mol. The molecular weight excluding hydrogens is 495 g/mol. The topological polar surface area (TPSA) is 59.3 Å². The van der Waals surface area contributed by atoms with E-state index < -0.39 is 34.4 Å². The molecule has 0 spiro atoms. The molecule has 1 aromatic heterocycles. The Morgan fingerprint density at radius 1 is 1.28 bits per heavy atom.